The predicted octanol–water partition coefficient (Wildman–Crippen LogP) is 3.14. The molecule has 0 saturated carbocycles. The number of alkyl halides is 3. The van der Waals surface area contributed by atoms with Gasteiger partial charge in [-0.05, 0) is 49.9 Å². The van der Waals surface area contributed by atoms with Crippen LogP contribution in [0.5, 0.6) is 0 Å². The van der Waals surface area contributed by atoms with Crippen LogP contribution in [0.3, 0.4) is 0 Å². The van der Waals surface area contributed by atoms with Crippen LogP contribution in [0.2, 0.25) is 0 Å². The average Bonchev–Trinajstić information content (AvgIpc) is 2.46. The number of hydrogen-bond acceptors (Lipinski definition) is 3. The van der Waals surface area contributed by atoms with Crippen molar-refractivity contribution in [1.29, 1.82) is 5.26 Å². The maximum atomic E-state index is 12.7. The second kappa shape index (κ2) is 6.35. The van der Waals surface area contributed by atoms with Crippen LogP contribution in [0.1, 0.15) is 30.4 Å². The Kier molecular flexibility index (Phi) is 4.73. The number of nitrogens with zero attached hydrogens (tertiary/aromatic N) is 2. The van der Waals surface area contributed by atoms with Gasteiger partial charge in [-0.2, -0.15) is 18.4 Å². The van der Waals surface area contributed by atoms with E-state index in [0.717, 1.165) is 44.5 Å². The van der Waals surface area contributed by atoms with Gasteiger partial charge in [-0.3, -0.25) is 0 Å². The lowest BCUT2D eigenvalue weighted by Gasteiger charge is -2.35. The van der Waals surface area contributed by atoms with E-state index in [2.05, 4.69) is 0 Å². The molecular formula is C15H18F3N3. The van der Waals surface area contributed by atoms with Gasteiger partial charge in [-0.15, -0.1) is 0 Å². The van der Waals surface area contributed by atoms with Gasteiger partial charge in [-0.25, -0.2) is 0 Å². The normalized spacial score (nSPS) is 19.4. The Labute approximate surface area is 122 Å². The topological polar surface area (TPSA) is 53.0 Å². The lowest BCUT2D eigenvalue weighted by atomic mass is 9.94. The van der Waals surface area contributed by atoms with Crippen molar-refractivity contribution in [2.24, 2.45) is 11.7 Å². The molecule has 1 atom stereocenters. The summed E-state index contributed by atoms with van der Waals surface area (Å²) in [5, 5.41) is 9.14. The molecule has 0 aromatic heterocycles. The second-order valence-corrected chi connectivity index (χ2v) is 5.37. The van der Waals surface area contributed by atoms with Crippen molar-refractivity contribution in [3.63, 3.8) is 0 Å². The van der Waals surface area contributed by atoms with Crippen LogP contribution in [0.25, 0.3) is 0 Å². The first-order chi connectivity index (χ1) is 9.95. The minimum absolute atomic E-state index is 0.0817. The number of halogens is 3. The standard InChI is InChI=1S/C15H18F3N3/c16-15(17,18)13-3-4-14(12(8-13)9-20)21-7-1-2-11(10-21)5-6-19/h3-4,8,11H,1-2,5-7,10,19H2. The molecule has 0 spiro atoms. The molecule has 6 heteroatoms. The predicted molar refractivity (Wildman–Crippen MR) is 74.8 cm³/mol. The van der Waals surface area contributed by atoms with Gasteiger partial charge in [0.1, 0.15) is 6.07 Å². The Morgan fingerprint density at radius 1 is 1.38 bits per heavy atom. The summed E-state index contributed by atoms with van der Waals surface area (Å²) in [6.45, 7) is 2.12. The first-order valence-electron chi connectivity index (χ1n) is 7.02. The molecule has 2 N–H and O–H groups in total. The molecule has 3 nitrogen and oxygen atoms in total. The van der Waals surface area contributed by atoms with Crippen molar-refractivity contribution in [1.82, 2.24) is 0 Å². The Morgan fingerprint density at radius 2 is 2.14 bits per heavy atom. The molecule has 1 aliphatic heterocycles. The van der Waals surface area contributed by atoms with Crippen molar-refractivity contribution in [3.8, 4) is 6.07 Å². The highest BCUT2D eigenvalue weighted by Crippen LogP contribution is 2.34. The number of hydrogen-bond donors (Lipinski definition) is 1. The first kappa shape index (κ1) is 15.6. The fraction of sp³-hybridized carbons (Fsp3) is 0.533. The van der Waals surface area contributed by atoms with E-state index >= 15 is 0 Å². The maximum Gasteiger partial charge on any atom is 0.416 e. The Morgan fingerprint density at radius 3 is 2.76 bits per heavy atom. The molecule has 21 heavy (non-hydrogen) atoms. The molecule has 1 saturated heterocycles. The van der Waals surface area contributed by atoms with Crippen LogP contribution in [-0.4, -0.2) is 19.6 Å². The Balaban J connectivity index is 2.25. The van der Waals surface area contributed by atoms with Crippen LogP contribution in [0, 0.1) is 17.2 Å². The molecule has 2 rings (SSSR count). The lowest BCUT2D eigenvalue weighted by Crippen LogP contribution is -2.36. The smallest absolute Gasteiger partial charge is 0.370 e. The molecule has 1 heterocycles. The van der Waals surface area contributed by atoms with E-state index in [1.165, 1.54) is 6.07 Å². The molecule has 0 bridgehead atoms. The second-order valence-electron chi connectivity index (χ2n) is 5.37. The molecule has 0 amide bonds. The number of piperidine rings is 1. The monoisotopic (exact) mass is 297 g/mol. The molecule has 1 aromatic rings. The van der Waals surface area contributed by atoms with Gasteiger partial charge in [0.05, 0.1) is 16.8 Å². The number of nitrogens with two attached hydrogens (primary N) is 1. The minimum atomic E-state index is -4.42. The SMILES string of the molecule is N#Cc1cc(C(F)(F)F)ccc1N1CCCC(CCN)C1. The summed E-state index contributed by atoms with van der Waals surface area (Å²) in [6.07, 6.45) is -1.47. The van der Waals surface area contributed by atoms with Gasteiger partial charge >= 0.3 is 6.18 Å². The van der Waals surface area contributed by atoms with E-state index in [1.54, 1.807) is 0 Å². The minimum Gasteiger partial charge on any atom is -0.370 e. The van der Waals surface area contributed by atoms with E-state index in [-0.39, 0.29) is 5.56 Å². The van der Waals surface area contributed by atoms with E-state index in [1.807, 2.05) is 11.0 Å². The third kappa shape index (κ3) is 3.67. The first-order valence-corrected chi connectivity index (χ1v) is 7.02. The summed E-state index contributed by atoms with van der Waals surface area (Å²) in [5.74, 6) is 0.442. The third-order valence-electron chi connectivity index (χ3n) is 3.88. The van der Waals surface area contributed by atoms with Crippen LogP contribution in [0.4, 0.5) is 18.9 Å². The molecule has 114 valence electrons. The van der Waals surface area contributed by atoms with Crippen molar-refractivity contribution in [2.75, 3.05) is 24.5 Å². The highest BCUT2D eigenvalue weighted by Gasteiger charge is 2.32. The fourth-order valence-electron chi connectivity index (χ4n) is 2.83. The van der Waals surface area contributed by atoms with E-state index in [9.17, 15) is 13.2 Å². The van der Waals surface area contributed by atoms with Crippen LogP contribution in [-0.2, 0) is 6.18 Å². The quantitative estimate of drug-likeness (QED) is 0.932. The van der Waals surface area contributed by atoms with Gasteiger partial charge < -0.3 is 10.6 Å². The molecule has 0 radical (unpaired) electrons. The van der Waals surface area contributed by atoms with Gasteiger partial charge in [0.15, 0.2) is 0 Å². The Bertz CT molecular complexity index is 532. The van der Waals surface area contributed by atoms with Crippen molar-refractivity contribution < 1.29 is 13.2 Å². The zero-order chi connectivity index (χ0) is 15.5. The zero-order valence-electron chi connectivity index (χ0n) is 11.7. The molecule has 1 aliphatic rings. The third-order valence-corrected chi connectivity index (χ3v) is 3.88. The summed E-state index contributed by atoms with van der Waals surface area (Å²) in [6, 6.07) is 5.27. The van der Waals surface area contributed by atoms with Crippen molar-refractivity contribution >= 4 is 5.69 Å². The number of rotatable bonds is 3. The summed E-state index contributed by atoms with van der Waals surface area (Å²) in [4.78, 5) is 2.00. The van der Waals surface area contributed by atoms with E-state index < -0.39 is 11.7 Å². The van der Waals surface area contributed by atoms with Crippen LogP contribution in [0.15, 0.2) is 18.2 Å². The van der Waals surface area contributed by atoms with Gasteiger partial charge in [0.2, 0.25) is 0 Å². The van der Waals surface area contributed by atoms with Crippen LogP contribution >= 0.6 is 0 Å². The van der Waals surface area contributed by atoms with E-state index in [4.69, 9.17) is 11.0 Å². The molecular weight excluding hydrogens is 279 g/mol. The van der Waals surface area contributed by atoms with Crippen LogP contribution < -0.4 is 10.6 Å². The largest absolute Gasteiger partial charge is 0.416 e. The fourth-order valence-corrected chi connectivity index (χ4v) is 2.83. The molecule has 0 aliphatic carbocycles. The summed E-state index contributed by atoms with van der Waals surface area (Å²) < 4.78 is 38.1. The van der Waals surface area contributed by atoms with Crippen molar-refractivity contribution in [2.45, 2.75) is 25.4 Å². The average molecular weight is 297 g/mol. The summed E-state index contributed by atoms with van der Waals surface area (Å²) in [5.41, 5.74) is 5.46. The summed E-state index contributed by atoms with van der Waals surface area (Å²) in [7, 11) is 0. The zero-order valence-corrected chi connectivity index (χ0v) is 11.7. The molecule has 1 unspecified atom stereocenters. The summed E-state index contributed by atoms with van der Waals surface area (Å²) >= 11 is 0. The van der Waals surface area contributed by atoms with Crippen molar-refractivity contribution in [3.05, 3.63) is 29.3 Å². The van der Waals surface area contributed by atoms with Gasteiger partial charge in [0.25, 0.3) is 0 Å². The Hall–Kier alpha value is -1.74. The number of benzene rings is 1. The van der Waals surface area contributed by atoms with E-state index in [0.29, 0.717) is 18.2 Å². The lowest BCUT2D eigenvalue weighted by molar-refractivity contribution is -0.137. The van der Waals surface area contributed by atoms with Gasteiger partial charge in [0, 0.05) is 13.1 Å². The number of nitriles is 1. The molecule has 1 fully saturated rings. The molecule has 1 aromatic carbocycles. The van der Waals surface area contributed by atoms with Gasteiger partial charge in [-0.1, -0.05) is 0 Å². The highest BCUT2D eigenvalue weighted by atomic mass is 19.4. The highest BCUT2D eigenvalue weighted by molar-refractivity contribution is 5.61. The number of anilines is 1. The maximum absolute atomic E-state index is 12.7.